The molecule has 5 rings (SSSR count). The van der Waals surface area contributed by atoms with E-state index in [1.54, 1.807) is 6.20 Å². The molecule has 2 saturated heterocycles. The number of aromatic amines is 1. The molecule has 28 heavy (non-hydrogen) atoms. The number of piperazine rings is 1. The van der Waals surface area contributed by atoms with Gasteiger partial charge in [-0.25, -0.2) is 4.98 Å². The van der Waals surface area contributed by atoms with Crippen LogP contribution in [0, 0.1) is 0 Å². The van der Waals surface area contributed by atoms with Crippen molar-refractivity contribution in [3.05, 3.63) is 47.0 Å². The number of H-pyrrole nitrogens is 1. The summed E-state index contributed by atoms with van der Waals surface area (Å²) >= 11 is 1.38. The van der Waals surface area contributed by atoms with Crippen molar-refractivity contribution in [1.29, 1.82) is 0 Å². The molecule has 0 unspecified atom stereocenters. The molecular formula is C20H21N5O2S. The van der Waals surface area contributed by atoms with Crippen molar-refractivity contribution < 1.29 is 9.59 Å². The molecule has 8 heteroatoms. The van der Waals surface area contributed by atoms with Gasteiger partial charge < -0.3 is 14.8 Å². The monoisotopic (exact) mass is 395 g/mol. The summed E-state index contributed by atoms with van der Waals surface area (Å²) in [4.78, 5) is 38.5. The van der Waals surface area contributed by atoms with Gasteiger partial charge in [-0.05, 0) is 24.3 Å². The topological polar surface area (TPSA) is 72.5 Å². The molecule has 2 aromatic heterocycles. The van der Waals surface area contributed by atoms with E-state index in [2.05, 4.69) is 20.9 Å². The fourth-order valence-corrected chi connectivity index (χ4v) is 4.75. The van der Waals surface area contributed by atoms with Crippen molar-refractivity contribution in [1.82, 2.24) is 19.8 Å². The summed E-state index contributed by atoms with van der Waals surface area (Å²) in [7, 11) is 0. The van der Waals surface area contributed by atoms with Crippen LogP contribution >= 0.6 is 11.3 Å². The average molecular weight is 395 g/mol. The second-order valence-corrected chi connectivity index (χ2v) is 8.17. The van der Waals surface area contributed by atoms with E-state index in [0.29, 0.717) is 31.1 Å². The van der Waals surface area contributed by atoms with Gasteiger partial charge in [0.25, 0.3) is 5.91 Å². The molecule has 0 saturated carbocycles. The molecule has 2 aliphatic rings. The number of benzene rings is 1. The molecule has 7 nitrogen and oxygen atoms in total. The van der Waals surface area contributed by atoms with Crippen LogP contribution in [0.1, 0.15) is 16.2 Å². The van der Waals surface area contributed by atoms with Crippen molar-refractivity contribution in [2.24, 2.45) is 0 Å². The molecule has 2 fully saturated rings. The van der Waals surface area contributed by atoms with Gasteiger partial charge in [0.2, 0.25) is 5.91 Å². The number of rotatable bonds is 3. The molecule has 0 aliphatic carbocycles. The predicted molar refractivity (Wildman–Crippen MR) is 109 cm³/mol. The molecule has 2 aliphatic heterocycles. The van der Waals surface area contributed by atoms with Crippen LogP contribution in [0.2, 0.25) is 0 Å². The number of thiazole rings is 1. The Morgan fingerprint density at radius 3 is 2.82 bits per heavy atom. The van der Waals surface area contributed by atoms with Crippen LogP contribution in [0.25, 0.3) is 10.9 Å². The maximum atomic E-state index is 12.7. The van der Waals surface area contributed by atoms with E-state index in [0.717, 1.165) is 29.7 Å². The Labute approximate surface area is 166 Å². The van der Waals surface area contributed by atoms with Crippen LogP contribution in [0.15, 0.2) is 42.0 Å². The lowest BCUT2D eigenvalue weighted by Gasteiger charge is -2.37. The summed E-state index contributed by atoms with van der Waals surface area (Å²) < 4.78 is 0. The minimum Gasteiger partial charge on any atom is -0.361 e. The minimum absolute atomic E-state index is 0.0126. The van der Waals surface area contributed by atoms with Crippen molar-refractivity contribution in [2.45, 2.75) is 12.5 Å². The van der Waals surface area contributed by atoms with Gasteiger partial charge in [0.05, 0.1) is 0 Å². The summed E-state index contributed by atoms with van der Waals surface area (Å²) in [6.07, 6.45) is 4.11. The average Bonchev–Trinajstić information content (AvgIpc) is 3.47. The number of hydrogen-bond donors (Lipinski definition) is 1. The molecule has 3 aromatic rings. The van der Waals surface area contributed by atoms with Crippen molar-refractivity contribution >= 4 is 39.7 Å². The van der Waals surface area contributed by atoms with Gasteiger partial charge in [-0.2, -0.15) is 0 Å². The quantitative estimate of drug-likeness (QED) is 0.738. The summed E-state index contributed by atoms with van der Waals surface area (Å²) in [6.45, 7) is 3.64. The van der Waals surface area contributed by atoms with E-state index in [1.807, 2.05) is 39.6 Å². The molecule has 1 N–H and O–H groups in total. The summed E-state index contributed by atoms with van der Waals surface area (Å²) in [6, 6.07) is 8.32. The van der Waals surface area contributed by atoms with E-state index < -0.39 is 0 Å². The number of carbonyl (C=O) groups is 2. The number of nitrogens with zero attached hydrogens (tertiary/aromatic N) is 4. The number of carbonyl (C=O) groups excluding carboxylic acids is 2. The van der Waals surface area contributed by atoms with Crippen molar-refractivity contribution in [2.75, 3.05) is 37.6 Å². The lowest BCUT2D eigenvalue weighted by molar-refractivity contribution is -0.117. The van der Waals surface area contributed by atoms with Crippen LogP contribution in [0.4, 0.5) is 5.69 Å². The standard InChI is InChI=1S/C20H21N5O2S/c26-18-12-16(13-25(18)15-1-2-17-14(11-15)3-4-21-17)23-6-8-24(9-7-23)20(27)19-22-5-10-28-19/h1-5,10-11,16,21H,6-9,12-13H2/t16-/m1/s1. The summed E-state index contributed by atoms with van der Waals surface area (Å²) in [5.74, 6) is 0.180. The maximum absolute atomic E-state index is 12.7. The van der Waals surface area contributed by atoms with E-state index in [9.17, 15) is 9.59 Å². The van der Waals surface area contributed by atoms with Crippen LogP contribution < -0.4 is 4.90 Å². The highest BCUT2D eigenvalue weighted by atomic mass is 32.1. The first-order valence-electron chi connectivity index (χ1n) is 9.49. The van der Waals surface area contributed by atoms with Gasteiger partial charge in [-0.3, -0.25) is 14.5 Å². The zero-order chi connectivity index (χ0) is 19.1. The highest BCUT2D eigenvalue weighted by molar-refractivity contribution is 7.11. The van der Waals surface area contributed by atoms with E-state index in [-0.39, 0.29) is 17.9 Å². The lowest BCUT2D eigenvalue weighted by Crippen LogP contribution is -2.52. The second kappa shape index (κ2) is 7.03. The Morgan fingerprint density at radius 2 is 2.04 bits per heavy atom. The van der Waals surface area contributed by atoms with Crippen LogP contribution in [0.3, 0.4) is 0 Å². The Hall–Kier alpha value is -2.71. The first-order valence-corrected chi connectivity index (χ1v) is 10.4. The van der Waals surface area contributed by atoms with E-state index in [4.69, 9.17) is 0 Å². The van der Waals surface area contributed by atoms with Crippen LogP contribution in [-0.4, -0.2) is 70.3 Å². The van der Waals surface area contributed by atoms with Crippen molar-refractivity contribution in [3.8, 4) is 0 Å². The highest BCUT2D eigenvalue weighted by Crippen LogP contribution is 2.28. The van der Waals surface area contributed by atoms with Gasteiger partial charge in [0, 0.05) is 79.6 Å². The highest BCUT2D eigenvalue weighted by Gasteiger charge is 2.36. The summed E-state index contributed by atoms with van der Waals surface area (Å²) in [5, 5.41) is 3.49. The second-order valence-electron chi connectivity index (χ2n) is 7.28. The number of nitrogens with one attached hydrogen (secondary N) is 1. The fourth-order valence-electron chi connectivity index (χ4n) is 4.15. The largest absolute Gasteiger partial charge is 0.361 e. The third-order valence-electron chi connectivity index (χ3n) is 5.69. The van der Waals surface area contributed by atoms with Gasteiger partial charge in [-0.15, -0.1) is 11.3 Å². The smallest absolute Gasteiger partial charge is 0.282 e. The molecule has 4 heterocycles. The maximum Gasteiger partial charge on any atom is 0.282 e. The van der Waals surface area contributed by atoms with Gasteiger partial charge in [-0.1, -0.05) is 0 Å². The third kappa shape index (κ3) is 3.08. The first-order chi connectivity index (χ1) is 13.7. The minimum atomic E-state index is 0.0126. The van der Waals surface area contributed by atoms with Crippen molar-refractivity contribution in [3.63, 3.8) is 0 Å². The SMILES string of the molecule is O=C(c1nccs1)N1CCN([C@@H]2CC(=O)N(c3ccc4[nH]ccc4c3)C2)CC1. The van der Waals surface area contributed by atoms with Gasteiger partial charge >= 0.3 is 0 Å². The number of aromatic nitrogens is 2. The van der Waals surface area contributed by atoms with Crippen LogP contribution in [0.5, 0.6) is 0 Å². The predicted octanol–water partition coefficient (Wildman–Crippen LogP) is 2.19. The molecule has 1 atom stereocenters. The molecule has 1 aromatic carbocycles. The molecule has 144 valence electrons. The first kappa shape index (κ1) is 17.4. The number of amides is 2. The normalized spacial score (nSPS) is 21.0. The molecule has 2 amide bonds. The Bertz CT molecular complexity index is 1010. The Kier molecular flexibility index (Phi) is 4.37. The molecule has 0 bridgehead atoms. The fraction of sp³-hybridized carbons (Fsp3) is 0.350. The molecule has 0 spiro atoms. The summed E-state index contributed by atoms with van der Waals surface area (Å²) in [5.41, 5.74) is 2.03. The zero-order valence-electron chi connectivity index (χ0n) is 15.4. The van der Waals surface area contributed by atoms with E-state index in [1.165, 1.54) is 11.3 Å². The molecule has 0 radical (unpaired) electrons. The van der Waals surface area contributed by atoms with Gasteiger partial charge in [0.1, 0.15) is 0 Å². The number of anilines is 1. The molecular weight excluding hydrogens is 374 g/mol. The van der Waals surface area contributed by atoms with Crippen LogP contribution in [-0.2, 0) is 4.79 Å². The number of fused-ring (bicyclic) bond motifs is 1. The lowest BCUT2D eigenvalue weighted by atomic mass is 10.2. The number of hydrogen-bond acceptors (Lipinski definition) is 5. The Morgan fingerprint density at radius 1 is 1.18 bits per heavy atom. The van der Waals surface area contributed by atoms with E-state index >= 15 is 0 Å². The van der Waals surface area contributed by atoms with Gasteiger partial charge in [0.15, 0.2) is 5.01 Å². The third-order valence-corrected chi connectivity index (χ3v) is 6.45. The Balaban J connectivity index is 1.23. The zero-order valence-corrected chi connectivity index (χ0v) is 16.2.